The van der Waals surface area contributed by atoms with Crippen molar-refractivity contribution < 1.29 is 17.1 Å². The molecule has 1 rings (SSSR count). The number of nitrogens with one attached hydrogen (secondary N) is 1. The summed E-state index contributed by atoms with van der Waals surface area (Å²) < 4.78 is 67.8. The monoisotopic (exact) mass is 248 g/mol. The molecule has 16 heavy (non-hydrogen) atoms. The summed E-state index contributed by atoms with van der Waals surface area (Å²) in [6.07, 6.45) is 0. The highest BCUT2D eigenvalue weighted by molar-refractivity contribution is 6.30. The summed E-state index contributed by atoms with van der Waals surface area (Å²) in [6, 6.07) is 4.26. The summed E-state index contributed by atoms with van der Waals surface area (Å²) in [7, 11) is 0. The lowest BCUT2D eigenvalue weighted by Crippen LogP contribution is -2.46. The van der Waals surface area contributed by atoms with E-state index in [9.17, 15) is 4.79 Å². The minimum atomic E-state index is -3.42. The number of benzene rings is 1. The Morgan fingerprint density at radius 1 is 1.38 bits per heavy atom. The Morgan fingerprint density at radius 2 is 1.94 bits per heavy atom. The molecule has 0 heterocycles. The summed E-state index contributed by atoms with van der Waals surface area (Å²) >= 11 is 5.73. The van der Waals surface area contributed by atoms with E-state index in [4.69, 9.17) is 23.9 Å². The lowest BCUT2D eigenvalue weighted by molar-refractivity contribution is 0.0936. The zero-order valence-corrected chi connectivity index (χ0v) is 9.43. The van der Waals surface area contributed by atoms with E-state index in [-0.39, 0.29) is 5.56 Å². The van der Waals surface area contributed by atoms with E-state index >= 15 is 0 Å². The summed E-state index contributed by atoms with van der Waals surface area (Å²) in [5.41, 5.74) is -3.12. The van der Waals surface area contributed by atoms with Crippen molar-refractivity contribution in [2.45, 2.75) is 39.1 Å². The average molecular weight is 249 g/mol. The number of rotatable bonds is 3. The number of hydrogen-bond donors (Lipinski definition) is 1. The van der Waals surface area contributed by atoms with Crippen LogP contribution in [0.3, 0.4) is 0 Å². The lowest BCUT2D eigenvalue weighted by Gasteiger charge is -2.25. The molecule has 3 heteroatoms. The number of ketones is 1. The van der Waals surface area contributed by atoms with E-state index in [1.165, 1.54) is 31.2 Å². The maximum Gasteiger partial charge on any atom is 0.179 e. The first-order chi connectivity index (χ1) is 11.0. The molecule has 1 unspecified atom stereocenters. The molecule has 0 aliphatic carbocycles. The largest absolute Gasteiger partial charge is 0.303 e. The molecule has 0 saturated heterocycles. The normalized spacial score (nSPS) is 24.2. The third-order valence-corrected chi connectivity index (χ3v) is 2.21. The van der Waals surface area contributed by atoms with Gasteiger partial charge in [0.05, 0.1) is 6.04 Å². The standard InChI is InChI=1S/C13H18ClNO/c1-9(15-13(2,3)4)12(16)10-5-7-11(14)8-6-10/h5-9,15H,1-4H3/i2D3,3D3,4D3. The smallest absolute Gasteiger partial charge is 0.179 e. The molecular weight excluding hydrogens is 222 g/mol. The van der Waals surface area contributed by atoms with E-state index in [0.717, 1.165) is 0 Å². The Kier molecular flexibility index (Phi) is 1.62. The number of halogens is 1. The van der Waals surface area contributed by atoms with Crippen LogP contribution in [-0.2, 0) is 0 Å². The van der Waals surface area contributed by atoms with Gasteiger partial charge in [-0.15, -0.1) is 0 Å². The van der Waals surface area contributed by atoms with E-state index in [0.29, 0.717) is 5.02 Å². The molecule has 0 spiro atoms. The van der Waals surface area contributed by atoms with Crippen LogP contribution in [0.4, 0.5) is 0 Å². The molecule has 0 amide bonds. The maximum atomic E-state index is 12.5. The van der Waals surface area contributed by atoms with Crippen molar-refractivity contribution >= 4 is 17.4 Å². The second kappa shape index (κ2) is 4.98. The molecule has 2 nitrogen and oxygen atoms in total. The highest BCUT2D eigenvalue weighted by atomic mass is 35.5. The van der Waals surface area contributed by atoms with Gasteiger partial charge in [-0.3, -0.25) is 4.79 Å². The zero-order chi connectivity index (χ0) is 19.8. The second-order valence-corrected chi connectivity index (χ2v) is 3.92. The van der Waals surface area contributed by atoms with Crippen molar-refractivity contribution in [2.75, 3.05) is 0 Å². The molecule has 1 aromatic carbocycles. The van der Waals surface area contributed by atoms with Gasteiger partial charge in [-0.05, 0) is 51.7 Å². The fourth-order valence-electron chi connectivity index (χ4n) is 1.25. The summed E-state index contributed by atoms with van der Waals surface area (Å²) in [4.78, 5) is 12.5. The second-order valence-electron chi connectivity index (χ2n) is 3.49. The van der Waals surface area contributed by atoms with Crippen LogP contribution in [0, 0.1) is 0 Å². The van der Waals surface area contributed by atoms with Crippen molar-refractivity contribution in [3.05, 3.63) is 34.9 Å². The lowest BCUT2D eigenvalue weighted by atomic mass is 10.0. The maximum absolute atomic E-state index is 12.5. The Morgan fingerprint density at radius 3 is 2.44 bits per heavy atom. The molecule has 0 aliphatic heterocycles. The average Bonchev–Trinajstić information content (AvgIpc) is 2.40. The Bertz CT molecular complexity index is 582. The minimum absolute atomic E-state index is 0.139. The predicted octanol–water partition coefficient (Wildman–Crippen LogP) is 3.30. The summed E-state index contributed by atoms with van der Waals surface area (Å²) in [6.45, 7) is -9.04. The Labute approximate surface area is 115 Å². The first-order valence-corrected chi connectivity index (χ1v) is 5.00. The van der Waals surface area contributed by atoms with Crippen LogP contribution in [0.15, 0.2) is 24.3 Å². The highest BCUT2D eigenvalue weighted by Gasteiger charge is 2.20. The highest BCUT2D eigenvalue weighted by Crippen LogP contribution is 2.12. The number of Topliss-reactive ketones (excluding diaryl/α,β-unsaturated/α-hetero) is 1. The molecular formula is C13H18ClNO. The van der Waals surface area contributed by atoms with Gasteiger partial charge in [-0.1, -0.05) is 11.6 Å². The van der Waals surface area contributed by atoms with Crippen LogP contribution in [0.5, 0.6) is 0 Å². The summed E-state index contributed by atoms with van der Waals surface area (Å²) in [5, 5.41) is 2.47. The van der Waals surface area contributed by atoms with E-state index in [1.807, 2.05) is 0 Å². The molecule has 0 radical (unpaired) electrons. The number of carbonyl (C=O) groups is 1. The number of carbonyl (C=O) groups excluding carboxylic acids is 1. The molecule has 0 aliphatic rings. The van der Waals surface area contributed by atoms with Gasteiger partial charge in [0.1, 0.15) is 0 Å². The van der Waals surface area contributed by atoms with E-state index in [1.54, 1.807) is 0 Å². The van der Waals surface area contributed by atoms with Crippen LogP contribution >= 0.6 is 11.6 Å². The molecule has 1 atom stereocenters. The van der Waals surface area contributed by atoms with Crippen molar-refractivity contribution in [2.24, 2.45) is 0 Å². The van der Waals surface area contributed by atoms with Gasteiger partial charge in [-0.25, -0.2) is 0 Å². The molecule has 0 saturated carbocycles. The van der Waals surface area contributed by atoms with Gasteiger partial charge in [0.2, 0.25) is 0 Å². The van der Waals surface area contributed by atoms with Crippen molar-refractivity contribution in [1.29, 1.82) is 0 Å². The zero-order valence-electron chi connectivity index (χ0n) is 17.7. The van der Waals surface area contributed by atoms with Gasteiger partial charge in [0, 0.05) is 28.5 Å². The van der Waals surface area contributed by atoms with Crippen LogP contribution in [0.1, 0.15) is 50.2 Å². The third kappa shape index (κ3) is 3.95. The first kappa shape index (κ1) is 5.19. The van der Waals surface area contributed by atoms with Crippen LogP contribution in [0.2, 0.25) is 5.02 Å². The van der Waals surface area contributed by atoms with E-state index < -0.39 is 37.9 Å². The minimum Gasteiger partial charge on any atom is -0.303 e. The van der Waals surface area contributed by atoms with Gasteiger partial charge in [-0.2, -0.15) is 0 Å². The van der Waals surface area contributed by atoms with Crippen LogP contribution in [-0.4, -0.2) is 17.4 Å². The molecule has 88 valence electrons. The van der Waals surface area contributed by atoms with Crippen molar-refractivity contribution in [1.82, 2.24) is 5.32 Å². The SMILES string of the molecule is [2H]C([2H])([2H])C(NC(C)C(=O)c1ccc(Cl)cc1)(C([2H])([2H])[2H])C([2H])([2H])[2H]. The van der Waals surface area contributed by atoms with Gasteiger partial charge in [0.15, 0.2) is 5.78 Å². The molecule has 0 bridgehead atoms. The van der Waals surface area contributed by atoms with Crippen molar-refractivity contribution in [3.8, 4) is 0 Å². The predicted molar refractivity (Wildman–Crippen MR) is 68.1 cm³/mol. The fraction of sp³-hybridized carbons (Fsp3) is 0.462. The topological polar surface area (TPSA) is 29.1 Å². The van der Waals surface area contributed by atoms with Gasteiger partial charge in [0.25, 0.3) is 0 Å². The summed E-state index contributed by atoms with van der Waals surface area (Å²) in [5.74, 6) is -0.654. The Hall–Kier alpha value is -0.860. The number of hydrogen-bond acceptors (Lipinski definition) is 2. The van der Waals surface area contributed by atoms with Crippen LogP contribution in [0.25, 0.3) is 0 Å². The molecule has 0 fully saturated rings. The van der Waals surface area contributed by atoms with Gasteiger partial charge >= 0.3 is 0 Å². The molecule has 1 aromatic rings. The van der Waals surface area contributed by atoms with E-state index in [2.05, 4.69) is 5.32 Å². The molecule has 1 N–H and O–H groups in total. The fourth-order valence-corrected chi connectivity index (χ4v) is 1.38. The third-order valence-electron chi connectivity index (χ3n) is 1.96. The van der Waals surface area contributed by atoms with Crippen LogP contribution < -0.4 is 5.32 Å². The molecule has 0 aromatic heterocycles. The van der Waals surface area contributed by atoms with Crippen molar-refractivity contribution in [3.63, 3.8) is 0 Å². The first-order valence-electron chi connectivity index (χ1n) is 9.12. The Balaban J connectivity index is 3.35. The quantitative estimate of drug-likeness (QED) is 0.832. The van der Waals surface area contributed by atoms with Gasteiger partial charge < -0.3 is 5.32 Å².